The summed E-state index contributed by atoms with van der Waals surface area (Å²) in [7, 11) is 0. The summed E-state index contributed by atoms with van der Waals surface area (Å²) in [4.78, 5) is 0. The summed E-state index contributed by atoms with van der Waals surface area (Å²) in [5.41, 5.74) is 0. The van der Waals surface area contributed by atoms with E-state index >= 15 is 0 Å². The Bertz CT molecular complexity index is 153. The molecule has 1 aliphatic carbocycles. The van der Waals surface area contributed by atoms with E-state index in [9.17, 15) is 0 Å². The molecule has 0 spiro atoms. The molecule has 0 heterocycles. The van der Waals surface area contributed by atoms with Crippen molar-refractivity contribution in [2.45, 2.75) is 46.5 Å². The average molecular weight is 180 g/mol. The molecule has 0 bridgehead atoms. The predicted molar refractivity (Wildman–Crippen MR) is 59.6 cm³/mol. The first kappa shape index (κ1) is 10.8. The topological polar surface area (TPSA) is 0 Å². The molecule has 0 saturated heterocycles. The molecule has 1 aliphatic rings. The Morgan fingerprint density at radius 2 is 1.69 bits per heavy atom. The van der Waals surface area contributed by atoms with Gasteiger partial charge in [0.25, 0.3) is 0 Å². The van der Waals surface area contributed by atoms with Gasteiger partial charge in [0, 0.05) is 0 Å². The van der Waals surface area contributed by atoms with Gasteiger partial charge in [-0.15, -0.1) is 6.58 Å². The van der Waals surface area contributed by atoms with Gasteiger partial charge in [-0.05, 0) is 23.7 Å². The summed E-state index contributed by atoms with van der Waals surface area (Å²) in [6, 6.07) is 0. The summed E-state index contributed by atoms with van der Waals surface area (Å²) < 4.78 is 0. The summed E-state index contributed by atoms with van der Waals surface area (Å²) in [6.45, 7) is 11.0. The van der Waals surface area contributed by atoms with Gasteiger partial charge in [0.05, 0.1) is 0 Å². The summed E-state index contributed by atoms with van der Waals surface area (Å²) in [5, 5.41) is 0. The second kappa shape index (κ2) is 4.83. The van der Waals surface area contributed by atoms with Crippen molar-refractivity contribution in [2.75, 3.05) is 0 Å². The maximum absolute atomic E-state index is 3.89. The lowest BCUT2D eigenvalue weighted by molar-refractivity contribution is 0.228. The summed E-state index contributed by atoms with van der Waals surface area (Å²) in [6.07, 6.45) is 7.97. The molecule has 0 aromatic carbocycles. The van der Waals surface area contributed by atoms with Crippen LogP contribution in [0.4, 0.5) is 0 Å². The van der Waals surface area contributed by atoms with Gasteiger partial charge in [-0.3, -0.25) is 0 Å². The molecule has 0 radical (unpaired) electrons. The van der Waals surface area contributed by atoms with Gasteiger partial charge in [-0.25, -0.2) is 0 Å². The molecule has 3 unspecified atom stereocenters. The van der Waals surface area contributed by atoms with Crippen molar-refractivity contribution in [2.24, 2.45) is 23.7 Å². The number of hydrogen-bond donors (Lipinski definition) is 0. The smallest absolute Gasteiger partial charge is 0.0236 e. The maximum Gasteiger partial charge on any atom is -0.0236 e. The molecule has 1 rings (SSSR count). The van der Waals surface area contributed by atoms with Crippen molar-refractivity contribution in [3.8, 4) is 0 Å². The van der Waals surface area contributed by atoms with E-state index in [2.05, 4.69) is 33.4 Å². The van der Waals surface area contributed by atoms with Crippen molar-refractivity contribution in [1.29, 1.82) is 0 Å². The third-order valence-corrected chi connectivity index (χ3v) is 4.17. The second-order valence-corrected chi connectivity index (χ2v) is 4.86. The van der Waals surface area contributed by atoms with Gasteiger partial charge in [-0.2, -0.15) is 0 Å². The predicted octanol–water partition coefficient (Wildman–Crippen LogP) is 4.27. The molecule has 0 aromatic heterocycles. The Morgan fingerprint density at radius 1 is 1.15 bits per heavy atom. The minimum absolute atomic E-state index is 0.676. The Balaban J connectivity index is 2.44. The van der Waals surface area contributed by atoms with Crippen LogP contribution in [0, 0.1) is 23.7 Å². The van der Waals surface area contributed by atoms with Crippen LogP contribution in [0.15, 0.2) is 12.7 Å². The van der Waals surface area contributed by atoms with Crippen LogP contribution in [0.5, 0.6) is 0 Å². The lowest BCUT2D eigenvalue weighted by Gasteiger charge is -2.28. The minimum Gasteiger partial charge on any atom is -0.103 e. The zero-order valence-electron chi connectivity index (χ0n) is 9.42. The third-order valence-electron chi connectivity index (χ3n) is 4.17. The highest BCUT2D eigenvalue weighted by atomic mass is 14.3. The highest BCUT2D eigenvalue weighted by Crippen LogP contribution is 2.37. The molecule has 0 nitrogen and oxygen atoms in total. The van der Waals surface area contributed by atoms with Gasteiger partial charge >= 0.3 is 0 Å². The minimum atomic E-state index is 0.676. The highest BCUT2D eigenvalue weighted by molar-refractivity contribution is 4.85. The van der Waals surface area contributed by atoms with E-state index in [0.717, 1.165) is 17.8 Å². The maximum atomic E-state index is 3.89. The third kappa shape index (κ3) is 2.59. The normalized spacial score (nSPS) is 25.5. The molecule has 1 fully saturated rings. The standard InChI is InChI=1S/C13H24/c1-5-10(2)11(3)12(4)13-8-6-7-9-13/h5,10-13H,1,6-9H2,2-4H3. The number of hydrogen-bond acceptors (Lipinski definition) is 0. The average Bonchev–Trinajstić information content (AvgIpc) is 2.67. The molecule has 3 atom stereocenters. The van der Waals surface area contributed by atoms with Crippen LogP contribution in [0.2, 0.25) is 0 Å². The van der Waals surface area contributed by atoms with Gasteiger partial charge < -0.3 is 0 Å². The van der Waals surface area contributed by atoms with E-state index in [1.807, 2.05) is 0 Å². The van der Waals surface area contributed by atoms with Crippen LogP contribution in [0.3, 0.4) is 0 Å². The van der Waals surface area contributed by atoms with E-state index in [0.29, 0.717) is 5.92 Å². The van der Waals surface area contributed by atoms with Crippen molar-refractivity contribution >= 4 is 0 Å². The fraction of sp³-hybridized carbons (Fsp3) is 0.846. The Labute approximate surface area is 83.4 Å². The van der Waals surface area contributed by atoms with Crippen LogP contribution < -0.4 is 0 Å². The molecule has 1 saturated carbocycles. The van der Waals surface area contributed by atoms with Gasteiger partial charge in [0.1, 0.15) is 0 Å². The summed E-state index contributed by atoms with van der Waals surface area (Å²) >= 11 is 0. The molecule has 0 amide bonds. The fourth-order valence-electron chi connectivity index (χ4n) is 2.61. The van der Waals surface area contributed by atoms with Gasteiger partial charge in [0.15, 0.2) is 0 Å². The molecule has 76 valence electrons. The highest BCUT2D eigenvalue weighted by Gasteiger charge is 2.27. The molecule has 0 aromatic rings. The lowest BCUT2D eigenvalue weighted by atomic mass is 9.77. The molecule has 0 aliphatic heterocycles. The fourth-order valence-corrected chi connectivity index (χ4v) is 2.61. The molecule has 0 N–H and O–H groups in total. The largest absolute Gasteiger partial charge is 0.103 e. The van der Waals surface area contributed by atoms with Crippen molar-refractivity contribution in [1.82, 2.24) is 0 Å². The van der Waals surface area contributed by atoms with Crippen molar-refractivity contribution < 1.29 is 0 Å². The van der Waals surface area contributed by atoms with Crippen LogP contribution in [-0.4, -0.2) is 0 Å². The van der Waals surface area contributed by atoms with E-state index < -0.39 is 0 Å². The number of rotatable bonds is 4. The van der Waals surface area contributed by atoms with Gasteiger partial charge in [0.2, 0.25) is 0 Å². The Hall–Kier alpha value is -0.260. The zero-order chi connectivity index (χ0) is 9.84. The zero-order valence-corrected chi connectivity index (χ0v) is 9.42. The van der Waals surface area contributed by atoms with Crippen molar-refractivity contribution in [3.05, 3.63) is 12.7 Å². The van der Waals surface area contributed by atoms with Crippen LogP contribution in [0.25, 0.3) is 0 Å². The van der Waals surface area contributed by atoms with Crippen LogP contribution in [-0.2, 0) is 0 Å². The number of allylic oxidation sites excluding steroid dienone is 1. The van der Waals surface area contributed by atoms with Crippen LogP contribution in [0.1, 0.15) is 46.5 Å². The van der Waals surface area contributed by atoms with E-state index in [1.54, 1.807) is 0 Å². The monoisotopic (exact) mass is 180 g/mol. The van der Waals surface area contributed by atoms with E-state index in [-0.39, 0.29) is 0 Å². The van der Waals surface area contributed by atoms with E-state index in [4.69, 9.17) is 0 Å². The molecule has 13 heavy (non-hydrogen) atoms. The SMILES string of the molecule is C=CC(C)C(C)C(C)C1CCCC1. The Morgan fingerprint density at radius 3 is 2.15 bits per heavy atom. The van der Waals surface area contributed by atoms with E-state index in [1.165, 1.54) is 25.7 Å². The quantitative estimate of drug-likeness (QED) is 0.567. The first-order valence-electron chi connectivity index (χ1n) is 5.79. The lowest BCUT2D eigenvalue weighted by Crippen LogP contribution is -2.21. The van der Waals surface area contributed by atoms with Gasteiger partial charge in [-0.1, -0.05) is 52.5 Å². The van der Waals surface area contributed by atoms with Crippen molar-refractivity contribution in [3.63, 3.8) is 0 Å². The Kier molecular flexibility index (Phi) is 4.02. The molecule has 0 heteroatoms. The second-order valence-electron chi connectivity index (χ2n) is 4.86. The first-order valence-corrected chi connectivity index (χ1v) is 5.79. The van der Waals surface area contributed by atoms with Crippen LogP contribution >= 0.6 is 0 Å². The first-order chi connectivity index (χ1) is 6.16. The summed E-state index contributed by atoms with van der Waals surface area (Å²) in [5.74, 6) is 3.36. The molecular weight excluding hydrogens is 156 g/mol. The molecular formula is C13H24.